The fraction of sp³-hybridized carbons (Fsp3) is 0.286. The molecule has 0 bridgehead atoms. The summed E-state index contributed by atoms with van der Waals surface area (Å²) < 4.78 is 0. The summed E-state index contributed by atoms with van der Waals surface area (Å²) in [4.78, 5) is 36.4. The minimum atomic E-state index is -0.952. The van der Waals surface area contributed by atoms with E-state index in [1.807, 2.05) is 42.3 Å². The van der Waals surface area contributed by atoms with Crippen molar-refractivity contribution < 1.29 is 24.6 Å². The molecule has 0 atom stereocenters. The highest BCUT2D eigenvalue weighted by atomic mass is 16.4. The second-order valence-corrected chi connectivity index (χ2v) is 6.57. The monoisotopic (exact) mass is 384 g/mol. The van der Waals surface area contributed by atoms with Crippen LogP contribution in [-0.2, 0) is 22.6 Å². The van der Waals surface area contributed by atoms with E-state index in [0.29, 0.717) is 19.6 Å². The minimum absolute atomic E-state index is 0.0570. The van der Waals surface area contributed by atoms with Gasteiger partial charge in [-0.15, -0.1) is 0 Å². The lowest BCUT2D eigenvalue weighted by Gasteiger charge is -2.21. The van der Waals surface area contributed by atoms with E-state index >= 15 is 0 Å². The fourth-order valence-electron chi connectivity index (χ4n) is 3.01. The molecule has 1 aliphatic rings. The molecule has 2 aromatic carbocycles. The molecule has 0 saturated heterocycles. The number of anilines is 1. The van der Waals surface area contributed by atoms with Crippen LogP contribution in [-0.4, -0.2) is 53.1 Å². The molecule has 1 aliphatic heterocycles. The van der Waals surface area contributed by atoms with E-state index in [1.54, 1.807) is 23.1 Å². The molecule has 0 radical (unpaired) electrons. The first-order valence-corrected chi connectivity index (χ1v) is 8.86. The highest BCUT2D eigenvalue weighted by Crippen LogP contribution is 2.26. The van der Waals surface area contributed by atoms with E-state index in [0.717, 1.165) is 24.6 Å². The lowest BCUT2D eigenvalue weighted by molar-refractivity contribution is -0.134. The van der Waals surface area contributed by atoms with E-state index in [2.05, 4.69) is 0 Å². The normalized spacial score (nSPS) is 13.1. The third-order valence-corrected chi connectivity index (χ3v) is 4.34. The number of fused-ring (bicyclic) bond motifs is 1. The highest BCUT2D eigenvalue weighted by molar-refractivity contribution is 5.89. The zero-order chi connectivity index (χ0) is 20.7. The molecule has 0 aliphatic carbocycles. The Kier molecular flexibility index (Phi) is 7.14. The first-order chi connectivity index (χ1) is 13.3. The SMILES string of the molecule is CC(=O)O.CN1CC(=O)N(CCc2ccccc2)Cc2cc(C(=O)O)ccc21. The number of carboxylic acids is 2. The standard InChI is InChI=1S/C19H20N2O3.C2H4O2/c1-20-13-18(22)21(10-9-14-5-3-2-4-6-14)12-16-11-15(19(23)24)7-8-17(16)20;1-2(3)4/h2-8,11H,9-10,12-13H2,1H3,(H,23,24);1H3,(H,3,4). The second-order valence-electron chi connectivity index (χ2n) is 6.57. The van der Waals surface area contributed by atoms with Crippen LogP contribution < -0.4 is 4.90 Å². The third-order valence-electron chi connectivity index (χ3n) is 4.34. The minimum Gasteiger partial charge on any atom is -0.481 e. The Hall–Kier alpha value is -3.35. The molecule has 28 heavy (non-hydrogen) atoms. The van der Waals surface area contributed by atoms with Gasteiger partial charge in [0.05, 0.1) is 12.1 Å². The zero-order valence-electron chi connectivity index (χ0n) is 16.0. The van der Waals surface area contributed by atoms with Crippen LogP contribution >= 0.6 is 0 Å². The summed E-state index contributed by atoms with van der Waals surface area (Å²) in [5.74, 6) is -1.73. The molecule has 0 saturated carbocycles. The van der Waals surface area contributed by atoms with Gasteiger partial charge in [-0.2, -0.15) is 0 Å². The summed E-state index contributed by atoms with van der Waals surface area (Å²) >= 11 is 0. The number of amides is 1. The van der Waals surface area contributed by atoms with E-state index in [-0.39, 0.29) is 11.5 Å². The average Bonchev–Trinajstić information content (AvgIpc) is 2.76. The van der Waals surface area contributed by atoms with Crippen molar-refractivity contribution in [1.29, 1.82) is 0 Å². The summed E-state index contributed by atoms with van der Waals surface area (Å²) in [7, 11) is 1.86. The van der Waals surface area contributed by atoms with Gasteiger partial charge in [0, 0.05) is 32.7 Å². The van der Waals surface area contributed by atoms with Crippen molar-refractivity contribution in [1.82, 2.24) is 4.90 Å². The van der Waals surface area contributed by atoms with E-state index < -0.39 is 11.9 Å². The molecule has 2 aromatic rings. The van der Waals surface area contributed by atoms with Crippen LogP contribution in [0.2, 0.25) is 0 Å². The van der Waals surface area contributed by atoms with Crippen LogP contribution in [0.4, 0.5) is 5.69 Å². The Balaban J connectivity index is 0.000000640. The van der Waals surface area contributed by atoms with Crippen molar-refractivity contribution in [2.45, 2.75) is 19.9 Å². The van der Waals surface area contributed by atoms with Crippen molar-refractivity contribution in [3.8, 4) is 0 Å². The molecule has 3 rings (SSSR count). The molecule has 0 unspecified atom stereocenters. The summed E-state index contributed by atoms with van der Waals surface area (Å²) in [6.07, 6.45) is 0.782. The Morgan fingerprint density at radius 1 is 1.04 bits per heavy atom. The van der Waals surface area contributed by atoms with Crippen LogP contribution in [0, 0.1) is 0 Å². The Labute approximate surface area is 163 Å². The number of aliphatic carboxylic acids is 1. The molecular weight excluding hydrogens is 360 g/mol. The lowest BCUT2D eigenvalue weighted by Crippen LogP contribution is -2.36. The Morgan fingerprint density at radius 3 is 2.29 bits per heavy atom. The molecule has 148 valence electrons. The first kappa shape index (κ1) is 21.0. The van der Waals surface area contributed by atoms with Gasteiger partial charge in [-0.1, -0.05) is 30.3 Å². The van der Waals surface area contributed by atoms with Gasteiger partial charge in [0.25, 0.3) is 5.97 Å². The smallest absolute Gasteiger partial charge is 0.335 e. The summed E-state index contributed by atoms with van der Waals surface area (Å²) in [6.45, 7) is 2.44. The lowest BCUT2D eigenvalue weighted by atomic mass is 10.1. The van der Waals surface area contributed by atoms with Crippen molar-refractivity contribution in [3.05, 3.63) is 65.2 Å². The maximum absolute atomic E-state index is 12.5. The molecule has 0 spiro atoms. The first-order valence-electron chi connectivity index (χ1n) is 8.86. The van der Waals surface area contributed by atoms with Gasteiger partial charge in [0.2, 0.25) is 5.91 Å². The van der Waals surface area contributed by atoms with Crippen molar-refractivity contribution in [3.63, 3.8) is 0 Å². The number of benzene rings is 2. The molecule has 1 heterocycles. The molecule has 2 N–H and O–H groups in total. The van der Waals surface area contributed by atoms with Gasteiger partial charge in [-0.05, 0) is 35.7 Å². The molecule has 7 heteroatoms. The maximum Gasteiger partial charge on any atom is 0.335 e. The van der Waals surface area contributed by atoms with Gasteiger partial charge >= 0.3 is 5.97 Å². The predicted octanol–water partition coefficient (Wildman–Crippen LogP) is 2.50. The Bertz CT molecular complexity index is 847. The van der Waals surface area contributed by atoms with Crippen LogP contribution in [0.1, 0.15) is 28.4 Å². The predicted molar refractivity (Wildman–Crippen MR) is 106 cm³/mol. The molecule has 7 nitrogen and oxygen atoms in total. The largest absolute Gasteiger partial charge is 0.481 e. The topological polar surface area (TPSA) is 98.2 Å². The van der Waals surface area contributed by atoms with Crippen LogP contribution in [0.15, 0.2) is 48.5 Å². The number of carbonyl (C=O) groups is 3. The number of hydrogen-bond donors (Lipinski definition) is 2. The van der Waals surface area contributed by atoms with Gasteiger partial charge in [-0.3, -0.25) is 9.59 Å². The number of aromatic carboxylic acids is 1. The van der Waals surface area contributed by atoms with Gasteiger partial charge in [0.1, 0.15) is 0 Å². The van der Waals surface area contributed by atoms with E-state index in [4.69, 9.17) is 9.90 Å². The summed E-state index contributed by atoms with van der Waals surface area (Å²) in [5.41, 5.74) is 3.22. The van der Waals surface area contributed by atoms with Gasteiger partial charge < -0.3 is 20.0 Å². The summed E-state index contributed by atoms with van der Waals surface area (Å²) in [5, 5.41) is 16.6. The van der Waals surface area contributed by atoms with Gasteiger partial charge in [-0.25, -0.2) is 4.79 Å². The summed E-state index contributed by atoms with van der Waals surface area (Å²) in [6, 6.07) is 15.1. The number of nitrogens with zero attached hydrogens (tertiary/aromatic N) is 2. The zero-order valence-corrected chi connectivity index (χ0v) is 16.0. The second kappa shape index (κ2) is 9.55. The van der Waals surface area contributed by atoms with Gasteiger partial charge in [0.15, 0.2) is 0 Å². The number of carboxylic acid groups (broad SMARTS) is 2. The number of hydrogen-bond acceptors (Lipinski definition) is 4. The molecule has 0 fully saturated rings. The van der Waals surface area contributed by atoms with Crippen LogP contribution in [0.25, 0.3) is 0 Å². The van der Waals surface area contributed by atoms with Crippen molar-refractivity contribution in [2.75, 3.05) is 25.0 Å². The van der Waals surface area contributed by atoms with Crippen LogP contribution in [0.3, 0.4) is 0 Å². The average molecular weight is 384 g/mol. The number of likely N-dealkylation sites (N-methyl/N-ethyl adjacent to an activating group) is 1. The highest BCUT2D eigenvalue weighted by Gasteiger charge is 2.24. The van der Waals surface area contributed by atoms with E-state index in [9.17, 15) is 14.7 Å². The van der Waals surface area contributed by atoms with Crippen LogP contribution in [0.5, 0.6) is 0 Å². The quantitative estimate of drug-likeness (QED) is 0.840. The molecule has 0 aromatic heterocycles. The fourth-order valence-corrected chi connectivity index (χ4v) is 3.01. The molecular formula is C21H24N2O5. The van der Waals surface area contributed by atoms with E-state index in [1.165, 1.54) is 5.56 Å². The number of carbonyl (C=O) groups excluding carboxylic acids is 1. The Morgan fingerprint density at radius 2 is 1.68 bits per heavy atom. The molecule has 1 amide bonds. The van der Waals surface area contributed by atoms with Crippen molar-refractivity contribution in [2.24, 2.45) is 0 Å². The maximum atomic E-state index is 12.5. The third kappa shape index (κ3) is 5.84. The number of rotatable bonds is 4. The van der Waals surface area contributed by atoms with Crippen molar-refractivity contribution >= 4 is 23.5 Å².